The fourth-order valence-corrected chi connectivity index (χ4v) is 2.00. The lowest BCUT2D eigenvalue weighted by molar-refractivity contribution is -0.146. The van der Waals surface area contributed by atoms with E-state index in [2.05, 4.69) is 31.4 Å². The number of carbonyl (C=O) groups excluding carboxylic acids is 1. The second kappa shape index (κ2) is 7.97. The number of halogens is 1. The van der Waals surface area contributed by atoms with Gasteiger partial charge in [0.25, 0.3) is 5.91 Å². The highest BCUT2D eigenvalue weighted by atomic mass is 35.5. The number of piperidine rings is 1. The first-order valence-electron chi connectivity index (χ1n) is 6.56. The summed E-state index contributed by atoms with van der Waals surface area (Å²) in [6.45, 7) is 8.94. The number of carbonyl (C=O) groups is 1. The predicted molar refractivity (Wildman–Crippen MR) is 76.1 cm³/mol. The van der Waals surface area contributed by atoms with E-state index in [0.29, 0.717) is 11.8 Å². The zero-order valence-electron chi connectivity index (χ0n) is 11.9. The van der Waals surface area contributed by atoms with Gasteiger partial charge in [-0.25, -0.2) is 0 Å². The van der Waals surface area contributed by atoms with E-state index in [4.69, 9.17) is 4.74 Å². The molecular formula is C13H27ClN2O2. The maximum Gasteiger partial charge on any atom is 0.252 e. The minimum absolute atomic E-state index is 0. The lowest BCUT2D eigenvalue weighted by Gasteiger charge is -2.35. The largest absolute Gasteiger partial charge is 0.368 e. The Labute approximate surface area is 117 Å². The minimum Gasteiger partial charge on any atom is -0.368 e. The van der Waals surface area contributed by atoms with Crippen LogP contribution in [-0.4, -0.2) is 38.3 Å². The summed E-state index contributed by atoms with van der Waals surface area (Å²) in [7, 11) is 1.64. The molecular weight excluding hydrogens is 252 g/mol. The third kappa shape index (κ3) is 4.41. The molecule has 4 nitrogen and oxygen atoms in total. The number of rotatable bonds is 5. The van der Waals surface area contributed by atoms with Gasteiger partial charge in [-0.1, -0.05) is 20.8 Å². The van der Waals surface area contributed by atoms with E-state index in [0.717, 1.165) is 32.5 Å². The number of amides is 1. The smallest absolute Gasteiger partial charge is 0.252 e. The summed E-state index contributed by atoms with van der Waals surface area (Å²) in [6, 6.07) is 0. The van der Waals surface area contributed by atoms with Crippen molar-refractivity contribution in [1.82, 2.24) is 10.6 Å². The molecule has 0 aromatic rings. The molecule has 18 heavy (non-hydrogen) atoms. The molecule has 1 atom stereocenters. The molecule has 1 saturated heterocycles. The van der Waals surface area contributed by atoms with Crippen LogP contribution in [0.1, 0.15) is 33.6 Å². The Morgan fingerprint density at radius 3 is 2.33 bits per heavy atom. The number of methoxy groups -OCH3 is 1. The van der Waals surface area contributed by atoms with Crippen molar-refractivity contribution in [1.29, 1.82) is 0 Å². The SMILES string of the molecule is COC1(C(=O)NCC(C)C(C)C)CCNCC1.Cl. The predicted octanol–water partition coefficient (Wildman–Crippen LogP) is 1.59. The summed E-state index contributed by atoms with van der Waals surface area (Å²) in [5.74, 6) is 1.13. The molecule has 0 aromatic carbocycles. The highest BCUT2D eigenvalue weighted by Gasteiger charge is 2.39. The molecule has 0 aromatic heterocycles. The summed E-state index contributed by atoms with van der Waals surface area (Å²) in [6.07, 6.45) is 1.51. The van der Waals surface area contributed by atoms with Gasteiger partial charge in [0.1, 0.15) is 5.60 Å². The zero-order chi connectivity index (χ0) is 12.9. The lowest BCUT2D eigenvalue weighted by Crippen LogP contribution is -2.54. The Morgan fingerprint density at radius 2 is 1.89 bits per heavy atom. The van der Waals surface area contributed by atoms with Gasteiger partial charge >= 0.3 is 0 Å². The van der Waals surface area contributed by atoms with Crippen LogP contribution in [0.15, 0.2) is 0 Å². The molecule has 1 aliphatic heterocycles. The van der Waals surface area contributed by atoms with E-state index in [9.17, 15) is 4.79 Å². The monoisotopic (exact) mass is 278 g/mol. The summed E-state index contributed by atoms with van der Waals surface area (Å²) >= 11 is 0. The summed E-state index contributed by atoms with van der Waals surface area (Å²) < 4.78 is 5.48. The van der Waals surface area contributed by atoms with E-state index < -0.39 is 5.60 Å². The molecule has 0 radical (unpaired) electrons. The van der Waals surface area contributed by atoms with Gasteiger partial charge in [-0.2, -0.15) is 0 Å². The van der Waals surface area contributed by atoms with Crippen molar-refractivity contribution < 1.29 is 9.53 Å². The van der Waals surface area contributed by atoms with Crippen LogP contribution in [0, 0.1) is 11.8 Å². The van der Waals surface area contributed by atoms with Crippen molar-refractivity contribution in [3.05, 3.63) is 0 Å². The van der Waals surface area contributed by atoms with E-state index in [1.54, 1.807) is 7.11 Å². The van der Waals surface area contributed by atoms with Crippen LogP contribution in [0.3, 0.4) is 0 Å². The van der Waals surface area contributed by atoms with Crippen molar-refractivity contribution in [2.24, 2.45) is 11.8 Å². The van der Waals surface area contributed by atoms with Crippen molar-refractivity contribution in [2.45, 2.75) is 39.2 Å². The van der Waals surface area contributed by atoms with Gasteiger partial charge in [-0.3, -0.25) is 4.79 Å². The normalized spacial score (nSPS) is 20.1. The molecule has 108 valence electrons. The Bertz CT molecular complexity index is 253. The fraction of sp³-hybridized carbons (Fsp3) is 0.923. The molecule has 0 spiro atoms. The number of hydrogen-bond acceptors (Lipinski definition) is 3. The van der Waals surface area contributed by atoms with Crippen LogP contribution >= 0.6 is 12.4 Å². The van der Waals surface area contributed by atoms with Gasteiger partial charge in [0.15, 0.2) is 0 Å². The summed E-state index contributed by atoms with van der Waals surface area (Å²) in [5.41, 5.74) is -0.609. The van der Waals surface area contributed by atoms with Gasteiger partial charge < -0.3 is 15.4 Å². The summed E-state index contributed by atoms with van der Waals surface area (Å²) in [4.78, 5) is 12.2. The van der Waals surface area contributed by atoms with Crippen molar-refractivity contribution in [2.75, 3.05) is 26.7 Å². The minimum atomic E-state index is -0.609. The molecule has 1 unspecified atom stereocenters. The van der Waals surface area contributed by atoms with E-state index in [1.807, 2.05) is 0 Å². The van der Waals surface area contributed by atoms with Gasteiger partial charge in [0.05, 0.1) is 0 Å². The molecule has 1 amide bonds. The number of hydrogen-bond donors (Lipinski definition) is 2. The molecule has 5 heteroatoms. The Kier molecular flexibility index (Phi) is 7.83. The number of ether oxygens (including phenoxy) is 1. The van der Waals surface area contributed by atoms with Crippen molar-refractivity contribution in [3.8, 4) is 0 Å². The average Bonchev–Trinajstić information content (AvgIpc) is 2.36. The first kappa shape index (κ1) is 17.7. The molecule has 2 N–H and O–H groups in total. The second-order valence-corrected chi connectivity index (χ2v) is 5.38. The Morgan fingerprint density at radius 1 is 1.33 bits per heavy atom. The molecule has 0 aliphatic carbocycles. The fourth-order valence-electron chi connectivity index (χ4n) is 2.00. The van der Waals surface area contributed by atoms with Gasteiger partial charge in [-0.05, 0) is 37.8 Å². The molecule has 1 heterocycles. The maximum absolute atomic E-state index is 12.2. The molecule has 1 fully saturated rings. The van der Waals surface area contributed by atoms with E-state index in [1.165, 1.54) is 0 Å². The molecule has 1 aliphatic rings. The van der Waals surface area contributed by atoms with Crippen molar-refractivity contribution >= 4 is 18.3 Å². The Balaban J connectivity index is 0.00000289. The standard InChI is InChI=1S/C13H26N2O2.ClH/c1-10(2)11(3)9-15-12(16)13(17-4)5-7-14-8-6-13;/h10-11,14H,5-9H2,1-4H3,(H,15,16);1H. The topological polar surface area (TPSA) is 50.4 Å². The Hall–Kier alpha value is -0.320. The van der Waals surface area contributed by atoms with Crippen LogP contribution in [0.2, 0.25) is 0 Å². The van der Waals surface area contributed by atoms with Crippen LogP contribution in [0.4, 0.5) is 0 Å². The summed E-state index contributed by atoms with van der Waals surface area (Å²) in [5, 5.41) is 6.29. The molecule has 1 rings (SSSR count). The number of nitrogens with one attached hydrogen (secondary N) is 2. The first-order valence-corrected chi connectivity index (χ1v) is 6.56. The maximum atomic E-state index is 12.2. The van der Waals surface area contributed by atoms with Gasteiger partial charge in [0, 0.05) is 13.7 Å². The van der Waals surface area contributed by atoms with Gasteiger partial charge in [-0.15, -0.1) is 12.4 Å². The quantitative estimate of drug-likeness (QED) is 0.803. The average molecular weight is 279 g/mol. The van der Waals surface area contributed by atoms with E-state index in [-0.39, 0.29) is 18.3 Å². The second-order valence-electron chi connectivity index (χ2n) is 5.38. The highest BCUT2D eigenvalue weighted by molar-refractivity contribution is 5.85. The third-order valence-corrected chi connectivity index (χ3v) is 3.94. The van der Waals surface area contributed by atoms with Crippen LogP contribution in [-0.2, 0) is 9.53 Å². The van der Waals surface area contributed by atoms with Gasteiger partial charge in [0.2, 0.25) is 0 Å². The third-order valence-electron chi connectivity index (χ3n) is 3.94. The molecule has 0 bridgehead atoms. The van der Waals surface area contributed by atoms with E-state index >= 15 is 0 Å². The first-order chi connectivity index (χ1) is 8.02. The highest BCUT2D eigenvalue weighted by Crippen LogP contribution is 2.22. The van der Waals surface area contributed by atoms with Crippen molar-refractivity contribution in [3.63, 3.8) is 0 Å². The van der Waals surface area contributed by atoms with Crippen LogP contribution in [0.25, 0.3) is 0 Å². The van der Waals surface area contributed by atoms with Crippen LogP contribution in [0.5, 0.6) is 0 Å². The zero-order valence-corrected chi connectivity index (χ0v) is 12.7. The molecule has 0 saturated carbocycles. The lowest BCUT2D eigenvalue weighted by atomic mass is 9.90. The van der Waals surface area contributed by atoms with Crippen LogP contribution < -0.4 is 10.6 Å².